The minimum Gasteiger partial charge on any atom is -0.481 e. The molecule has 17 nitrogen and oxygen atoms in total. The lowest BCUT2D eigenvalue weighted by Gasteiger charge is -2.43. The number of aliphatic hydroxyl groups excluding tert-OH is 2. The zero-order valence-electron chi connectivity index (χ0n) is 38.7. The van der Waals surface area contributed by atoms with Crippen molar-refractivity contribution in [2.75, 3.05) is 34.9 Å². The number of likely N-dealkylation sites (N-methyl/N-ethyl adjacent to an activating group) is 2. The largest absolute Gasteiger partial charge is 0.481 e. The summed E-state index contributed by atoms with van der Waals surface area (Å²) in [6, 6.07) is 5.02. The first-order valence-corrected chi connectivity index (χ1v) is 22.0. The number of ether oxygens (including phenoxy) is 2. The van der Waals surface area contributed by atoms with Crippen molar-refractivity contribution < 1.29 is 53.9 Å². The third kappa shape index (κ3) is 15.7. The van der Waals surface area contributed by atoms with E-state index in [0.717, 1.165) is 6.42 Å². The molecule has 1 aromatic rings. The molecular formula is C45H76N6O11. The highest BCUT2D eigenvalue weighted by atomic mass is 16.5. The molecule has 0 aliphatic carbocycles. The van der Waals surface area contributed by atoms with Gasteiger partial charge in [-0.2, -0.15) is 0 Å². The molecule has 1 saturated heterocycles. The molecule has 2 rings (SSSR count). The van der Waals surface area contributed by atoms with Crippen LogP contribution in [0.4, 0.5) is 0 Å². The maximum absolute atomic E-state index is 14.4. The second kappa shape index (κ2) is 26.6. The van der Waals surface area contributed by atoms with E-state index in [2.05, 4.69) is 27.9 Å². The van der Waals surface area contributed by atoms with Gasteiger partial charge in [0, 0.05) is 51.8 Å². The van der Waals surface area contributed by atoms with Crippen molar-refractivity contribution in [3.05, 3.63) is 35.9 Å². The molecule has 0 radical (unpaired) electrons. The molecule has 1 aliphatic heterocycles. The molecule has 17 heteroatoms. The van der Waals surface area contributed by atoms with E-state index in [1.165, 1.54) is 7.11 Å². The normalized spacial score (nSPS) is 19.9. The predicted octanol–water partition coefficient (Wildman–Crippen LogP) is 2.77. The van der Waals surface area contributed by atoms with E-state index in [1.807, 2.05) is 46.6 Å². The average molecular weight is 877 g/mol. The van der Waals surface area contributed by atoms with Crippen LogP contribution >= 0.6 is 0 Å². The zero-order chi connectivity index (χ0) is 46.8. The minimum atomic E-state index is -1.49. The van der Waals surface area contributed by atoms with Crippen molar-refractivity contribution in [2.24, 2.45) is 34.6 Å². The number of amides is 3. The molecule has 0 bridgehead atoms. The van der Waals surface area contributed by atoms with Gasteiger partial charge in [0.2, 0.25) is 17.7 Å². The van der Waals surface area contributed by atoms with Gasteiger partial charge in [-0.25, -0.2) is 4.79 Å². The van der Waals surface area contributed by atoms with Gasteiger partial charge in [-0.3, -0.25) is 29.1 Å². The van der Waals surface area contributed by atoms with Gasteiger partial charge in [0.25, 0.3) is 0 Å². The molecule has 0 saturated carbocycles. The number of carboxylic acid groups (broad SMARTS) is 2. The molecule has 1 aromatic carbocycles. The Morgan fingerprint density at radius 2 is 1.56 bits per heavy atom. The summed E-state index contributed by atoms with van der Waals surface area (Å²) in [6.07, 6.45) is -0.658. The number of hydrogen-bond acceptors (Lipinski definition) is 12. The number of likely N-dealkylation sites (tertiary alicyclic amines) is 1. The molecule has 62 heavy (non-hydrogen) atoms. The Hall–Kier alpha value is -4.00. The fourth-order valence-electron chi connectivity index (χ4n) is 8.50. The van der Waals surface area contributed by atoms with Gasteiger partial charge >= 0.3 is 11.9 Å². The van der Waals surface area contributed by atoms with Gasteiger partial charge < -0.3 is 50.8 Å². The number of carbonyl (C=O) groups is 5. The highest BCUT2D eigenvalue weighted by Gasteiger charge is 2.43. The van der Waals surface area contributed by atoms with Gasteiger partial charge in [0.15, 0.2) is 6.23 Å². The third-order valence-electron chi connectivity index (χ3n) is 12.4. The highest BCUT2D eigenvalue weighted by Crippen LogP contribution is 2.31. The van der Waals surface area contributed by atoms with Crippen molar-refractivity contribution in [1.29, 1.82) is 0 Å². The van der Waals surface area contributed by atoms with Crippen LogP contribution in [0, 0.1) is 29.6 Å². The minimum absolute atomic E-state index is 0.00819. The SMILES string of the molecule is CC[C@H](C)C(C(CC(=O)N1CCCC1C(OC)C(C)C(=O)NC(Cc1ccccc1)C(=O)NC(CCC(=O)O)C(=O)O)OC)N(C)C(O)C(C=NC(O)[C@@H](NC)C(C)C)C(C)C. The van der Waals surface area contributed by atoms with Gasteiger partial charge in [-0.1, -0.05) is 85.2 Å². The first-order chi connectivity index (χ1) is 29.2. The van der Waals surface area contributed by atoms with Crippen molar-refractivity contribution in [3.8, 4) is 0 Å². The van der Waals surface area contributed by atoms with Crippen LogP contribution in [0.2, 0.25) is 0 Å². The summed E-state index contributed by atoms with van der Waals surface area (Å²) < 4.78 is 12.0. The Morgan fingerprint density at radius 1 is 0.935 bits per heavy atom. The number of carboxylic acids is 2. The topological polar surface area (TPSA) is 240 Å². The number of aliphatic imine (C=N–C) groups is 1. The summed E-state index contributed by atoms with van der Waals surface area (Å²) in [6.45, 7) is 14.1. The summed E-state index contributed by atoms with van der Waals surface area (Å²) in [7, 11) is 6.60. The first kappa shape index (κ1) is 54.1. The lowest BCUT2D eigenvalue weighted by atomic mass is 9.87. The Morgan fingerprint density at radius 3 is 2.08 bits per heavy atom. The van der Waals surface area contributed by atoms with Crippen LogP contribution in [0.3, 0.4) is 0 Å². The Labute approximate surface area is 368 Å². The first-order valence-electron chi connectivity index (χ1n) is 22.0. The maximum Gasteiger partial charge on any atom is 0.326 e. The molecule has 1 aliphatic rings. The second-order valence-electron chi connectivity index (χ2n) is 17.4. The van der Waals surface area contributed by atoms with Crippen molar-refractivity contribution in [2.45, 2.75) is 148 Å². The van der Waals surface area contributed by atoms with E-state index in [1.54, 1.807) is 62.5 Å². The van der Waals surface area contributed by atoms with E-state index in [4.69, 9.17) is 14.6 Å². The smallest absolute Gasteiger partial charge is 0.326 e. The fourth-order valence-corrected chi connectivity index (χ4v) is 8.50. The highest BCUT2D eigenvalue weighted by molar-refractivity contribution is 5.91. The van der Waals surface area contributed by atoms with Gasteiger partial charge in [-0.15, -0.1) is 0 Å². The molecule has 352 valence electrons. The monoisotopic (exact) mass is 877 g/mol. The summed E-state index contributed by atoms with van der Waals surface area (Å²) in [5, 5.41) is 49.8. The van der Waals surface area contributed by atoms with Crippen molar-refractivity contribution in [1.82, 2.24) is 25.8 Å². The molecular weight excluding hydrogens is 801 g/mol. The quantitative estimate of drug-likeness (QED) is 0.0474. The number of carbonyl (C=O) groups excluding carboxylic acids is 3. The van der Waals surface area contributed by atoms with Crippen molar-refractivity contribution in [3.63, 3.8) is 0 Å². The van der Waals surface area contributed by atoms with Crippen LogP contribution in [-0.4, -0.2) is 156 Å². The molecule has 0 aromatic heterocycles. The molecule has 1 fully saturated rings. The number of nitrogens with one attached hydrogen (secondary N) is 3. The van der Waals surface area contributed by atoms with Crippen molar-refractivity contribution >= 4 is 35.9 Å². The lowest BCUT2D eigenvalue weighted by molar-refractivity contribution is -0.146. The van der Waals surface area contributed by atoms with Crippen LogP contribution < -0.4 is 16.0 Å². The fraction of sp³-hybridized carbons (Fsp3) is 0.733. The average Bonchev–Trinajstić information content (AvgIpc) is 3.71. The molecule has 10 unspecified atom stereocenters. The molecule has 12 atom stereocenters. The van der Waals surface area contributed by atoms with E-state index in [0.29, 0.717) is 24.9 Å². The number of nitrogens with zero attached hydrogens (tertiary/aromatic N) is 3. The van der Waals surface area contributed by atoms with Crippen LogP contribution in [0.25, 0.3) is 0 Å². The van der Waals surface area contributed by atoms with Crippen LogP contribution in [0.5, 0.6) is 0 Å². The van der Waals surface area contributed by atoms with Crippen LogP contribution in [0.15, 0.2) is 35.3 Å². The predicted molar refractivity (Wildman–Crippen MR) is 236 cm³/mol. The van der Waals surface area contributed by atoms with E-state index in [-0.39, 0.29) is 49.0 Å². The Bertz CT molecular complexity index is 1580. The molecule has 0 spiro atoms. The van der Waals surface area contributed by atoms with Crippen LogP contribution in [-0.2, 0) is 39.9 Å². The second-order valence-corrected chi connectivity index (χ2v) is 17.4. The summed E-state index contributed by atoms with van der Waals surface area (Å²) in [5.41, 5.74) is 0.700. The number of aliphatic hydroxyl groups is 2. The van der Waals surface area contributed by atoms with Gasteiger partial charge in [0.05, 0.1) is 36.6 Å². The summed E-state index contributed by atoms with van der Waals surface area (Å²) in [5.74, 6) is -5.39. The maximum atomic E-state index is 14.4. The number of aliphatic carboxylic acids is 2. The van der Waals surface area contributed by atoms with Gasteiger partial charge in [-0.05, 0) is 56.7 Å². The Kier molecular flexibility index (Phi) is 23.2. The van der Waals surface area contributed by atoms with Crippen LogP contribution in [0.1, 0.15) is 92.6 Å². The Balaban J connectivity index is 2.33. The number of hydrogen-bond donors (Lipinski definition) is 7. The summed E-state index contributed by atoms with van der Waals surface area (Å²) >= 11 is 0. The van der Waals surface area contributed by atoms with Gasteiger partial charge in [0.1, 0.15) is 18.3 Å². The van der Waals surface area contributed by atoms with E-state index < -0.39 is 90.8 Å². The molecule has 7 N–H and O–H groups in total. The standard InChI is InChI=1S/C45H76N6O11/c1-12-28(6)39(50(9)44(58)31(26(2)3)25-47-43(57)38(46-8)27(4)5)35(61-10)24-36(52)51-22-16-19-34(51)40(62-11)29(7)41(55)49-33(23-30-17-14-13-15-18-30)42(56)48-32(45(59)60)20-21-37(53)54/h13-15,17-18,25-29,31-35,38-40,43-44,46,57-58H,12,16,19-24H2,1-11H3,(H,48,56)(H,49,55)(H,53,54)(H,59,60)/t28-,29?,31?,32?,33?,34?,35?,38-,39?,40?,43?,44?/m0/s1. The molecule has 1 heterocycles. The number of benzene rings is 1. The number of rotatable bonds is 28. The van der Waals surface area contributed by atoms with E-state index in [9.17, 15) is 39.3 Å². The zero-order valence-corrected chi connectivity index (χ0v) is 38.7. The number of methoxy groups -OCH3 is 2. The van der Waals surface area contributed by atoms with E-state index >= 15 is 0 Å². The molecule has 3 amide bonds. The lowest BCUT2D eigenvalue weighted by Crippen LogP contribution is -2.56. The summed E-state index contributed by atoms with van der Waals surface area (Å²) in [4.78, 5) is 73.0. The third-order valence-corrected chi connectivity index (χ3v) is 12.4.